The first-order chi connectivity index (χ1) is 8.04. The minimum Gasteiger partial charge on any atom is -0.388 e. The molecule has 1 saturated carbocycles. The fraction of sp³-hybridized carbons (Fsp3) is 0.923. The number of likely N-dealkylation sites (N-methyl/N-ethyl adjacent to an activating group) is 1. The molecule has 1 unspecified atom stereocenters. The number of hydrogen-bond acceptors (Lipinski definition) is 3. The van der Waals surface area contributed by atoms with Crippen molar-refractivity contribution in [3.05, 3.63) is 0 Å². The van der Waals surface area contributed by atoms with Gasteiger partial charge in [0.05, 0.1) is 11.6 Å². The summed E-state index contributed by atoms with van der Waals surface area (Å²) < 4.78 is 0. The summed E-state index contributed by atoms with van der Waals surface area (Å²) in [6, 6.07) is -0.0406. The van der Waals surface area contributed by atoms with Gasteiger partial charge in [0.15, 0.2) is 0 Å². The van der Waals surface area contributed by atoms with E-state index in [9.17, 15) is 9.90 Å². The molecule has 0 aromatic heterocycles. The topological polar surface area (TPSA) is 52.6 Å². The fourth-order valence-corrected chi connectivity index (χ4v) is 2.98. The van der Waals surface area contributed by atoms with Gasteiger partial charge < -0.3 is 15.3 Å². The molecule has 0 bridgehead atoms. The van der Waals surface area contributed by atoms with E-state index in [-0.39, 0.29) is 11.9 Å². The Morgan fingerprint density at radius 1 is 1.41 bits per heavy atom. The minimum absolute atomic E-state index is 0.0406. The number of β-amino-alcohol motifs (C(OH)–C–C–N with tert-alkyl or cyclic N) is 1. The van der Waals surface area contributed by atoms with E-state index in [1.165, 1.54) is 0 Å². The number of carbonyl (C=O) groups excluding carboxylic acids is 1. The van der Waals surface area contributed by atoms with Gasteiger partial charge in [0.1, 0.15) is 0 Å². The van der Waals surface area contributed by atoms with Gasteiger partial charge in [-0.05, 0) is 45.1 Å². The van der Waals surface area contributed by atoms with E-state index in [0.717, 1.165) is 44.6 Å². The van der Waals surface area contributed by atoms with Crippen molar-refractivity contribution < 1.29 is 9.90 Å². The van der Waals surface area contributed by atoms with Gasteiger partial charge in [0, 0.05) is 13.1 Å². The molecule has 2 N–H and O–H groups in total. The van der Waals surface area contributed by atoms with Crippen LogP contribution in [0, 0.1) is 5.92 Å². The lowest BCUT2D eigenvalue weighted by atomic mass is 9.79. The summed E-state index contributed by atoms with van der Waals surface area (Å²) in [6.07, 6.45) is 4.69. The second-order valence-electron chi connectivity index (χ2n) is 5.80. The quantitative estimate of drug-likeness (QED) is 0.765. The maximum absolute atomic E-state index is 12.0. The first-order valence-corrected chi connectivity index (χ1v) is 6.72. The Morgan fingerprint density at radius 3 is 2.59 bits per heavy atom. The molecular formula is C13H24N2O2. The van der Waals surface area contributed by atoms with E-state index >= 15 is 0 Å². The van der Waals surface area contributed by atoms with Crippen LogP contribution in [0.25, 0.3) is 0 Å². The molecule has 0 aromatic carbocycles. The molecule has 2 aliphatic rings. The van der Waals surface area contributed by atoms with E-state index in [4.69, 9.17) is 0 Å². The monoisotopic (exact) mass is 240 g/mol. The van der Waals surface area contributed by atoms with E-state index < -0.39 is 5.60 Å². The third-order valence-electron chi connectivity index (χ3n) is 4.34. The third kappa shape index (κ3) is 2.80. The first-order valence-electron chi connectivity index (χ1n) is 6.72. The van der Waals surface area contributed by atoms with Crippen molar-refractivity contribution in [2.24, 2.45) is 5.92 Å². The predicted octanol–water partition coefficient (Wildman–Crippen LogP) is 0.748. The highest BCUT2D eigenvalue weighted by Crippen LogP contribution is 2.33. The number of nitrogens with one attached hydrogen (secondary N) is 1. The molecule has 0 spiro atoms. The van der Waals surface area contributed by atoms with Gasteiger partial charge in [-0.2, -0.15) is 0 Å². The molecular weight excluding hydrogens is 216 g/mol. The normalized spacial score (nSPS) is 38.8. The van der Waals surface area contributed by atoms with Crippen LogP contribution in [-0.4, -0.2) is 47.7 Å². The predicted molar refractivity (Wildman–Crippen MR) is 66.6 cm³/mol. The van der Waals surface area contributed by atoms with Crippen molar-refractivity contribution in [2.45, 2.75) is 50.7 Å². The van der Waals surface area contributed by atoms with E-state index in [2.05, 4.69) is 12.2 Å². The van der Waals surface area contributed by atoms with Crippen LogP contribution < -0.4 is 5.32 Å². The summed E-state index contributed by atoms with van der Waals surface area (Å²) in [5.41, 5.74) is -0.634. The number of rotatable bonds is 3. The molecule has 17 heavy (non-hydrogen) atoms. The van der Waals surface area contributed by atoms with Crippen LogP contribution in [0.3, 0.4) is 0 Å². The Morgan fingerprint density at radius 2 is 2.06 bits per heavy atom. The van der Waals surface area contributed by atoms with Gasteiger partial charge in [-0.15, -0.1) is 0 Å². The lowest BCUT2D eigenvalue weighted by Crippen LogP contribution is -2.47. The van der Waals surface area contributed by atoms with Crippen molar-refractivity contribution >= 4 is 5.91 Å². The smallest absolute Gasteiger partial charge is 0.239 e. The van der Waals surface area contributed by atoms with Crippen LogP contribution in [0.5, 0.6) is 0 Å². The fourth-order valence-electron chi connectivity index (χ4n) is 2.98. The Labute approximate surface area is 103 Å². The van der Waals surface area contributed by atoms with Crippen molar-refractivity contribution in [2.75, 3.05) is 20.1 Å². The van der Waals surface area contributed by atoms with Crippen LogP contribution >= 0.6 is 0 Å². The standard InChI is InChI=1S/C13H24N2O2/c1-10-3-6-13(17,7-4-10)9-15-8-5-11(14-2)12(15)16/h10-11,14,17H,3-9H2,1-2H3. The molecule has 1 amide bonds. The summed E-state index contributed by atoms with van der Waals surface area (Å²) in [5, 5.41) is 13.5. The van der Waals surface area contributed by atoms with Gasteiger partial charge in [0.2, 0.25) is 5.91 Å². The number of carbonyl (C=O) groups is 1. The largest absolute Gasteiger partial charge is 0.388 e. The molecule has 1 atom stereocenters. The zero-order chi connectivity index (χ0) is 12.5. The van der Waals surface area contributed by atoms with Crippen LogP contribution in [0.1, 0.15) is 39.0 Å². The lowest BCUT2D eigenvalue weighted by Gasteiger charge is -2.37. The zero-order valence-corrected chi connectivity index (χ0v) is 10.9. The van der Waals surface area contributed by atoms with Gasteiger partial charge in [0.25, 0.3) is 0 Å². The third-order valence-corrected chi connectivity index (χ3v) is 4.34. The van der Waals surface area contributed by atoms with Crippen molar-refractivity contribution in [1.29, 1.82) is 0 Å². The summed E-state index contributed by atoms with van der Waals surface area (Å²) in [5.74, 6) is 0.870. The Hall–Kier alpha value is -0.610. The van der Waals surface area contributed by atoms with Gasteiger partial charge >= 0.3 is 0 Å². The molecule has 1 saturated heterocycles. The number of aliphatic hydroxyl groups is 1. The van der Waals surface area contributed by atoms with E-state index in [0.29, 0.717) is 6.54 Å². The van der Waals surface area contributed by atoms with Crippen LogP contribution in [-0.2, 0) is 4.79 Å². The van der Waals surface area contributed by atoms with Crippen LogP contribution in [0.4, 0.5) is 0 Å². The van der Waals surface area contributed by atoms with E-state index in [1.54, 1.807) is 0 Å². The van der Waals surface area contributed by atoms with Gasteiger partial charge in [-0.1, -0.05) is 6.92 Å². The molecule has 98 valence electrons. The summed E-state index contributed by atoms with van der Waals surface area (Å²) >= 11 is 0. The highest BCUT2D eigenvalue weighted by Gasteiger charge is 2.38. The van der Waals surface area contributed by atoms with Crippen molar-refractivity contribution in [3.63, 3.8) is 0 Å². The first kappa shape index (κ1) is 12.8. The Bertz CT molecular complexity index is 285. The lowest BCUT2D eigenvalue weighted by molar-refractivity contribution is -0.133. The van der Waals surface area contributed by atoms with Crippen molar-refractivity contribution in [1.82, 2.24) is 10.2 Å². The van der Waals surface area contributed by atoms with Crippen LogP contribution in [0.15, 0.2) is 0 Å². The molecule has 0 radical (unpaired) electrons. The Kier molecular flexibility index (Phi) is 3.73. The maximum Gasteiger partial charge on any atom is 0.239 e. The number of hydrogen-bond donors (Lipinski definition) is 2. The molecule has 0 aromatic rings. The molecule has 1 heterocycles. The second kappa shape index (κ2) is 4.94. The van der Waals surface area contributed by atoms with Crippen LogP contribution in [0.2, 0.25) is 0 Å². The highest BCUT2D eigenvalue weighted by molar-refractivity contribution is 5.84. The molecule has 4 nitrogen and oxygen atoms in total. The molecule has 1 aliphatic heterocycles. The minimum atomic E-state index is -0.634. The Balaban J connectivity index is 1.91. The second-order valence-corrected chi connectivity index (χ2v) is 5.80. The average Bonchev–Trinajstić information content (AvgIpc) is 2.65. The summed E-state index contributed by atoms with van der Waals surface area (Å²) in [4.78, 5) is 13.8. The summed E-state index contributed by atoms with van der Waals surface area (Å²) in [7, 11) is 1.82. The van der Waals surface area contributed by atoms with Gasteiger partial charge in [-0.3, -0.25) is 4.79 Å². The average molecular weight is 240 g/mol. The number of likely N-dealkylation sites (tertiary alicyclic amines) is 1. The molecule has 2 fully saturated rings. The number of nitrogens with zero attached hydrogens (tertiary/aromatic N) is 1. The number of amides is 1. The van der Waals surface area contributed by atoms with E-state index in [1.807, 2.05) is 11.9 Å². The van der Waals surface area contributed by atoms with Crippen molar-refractivity contribution in [3.8, 4) is 0 Å². The SMILES string of the molecule is CNC1CCN(CC2(O)CCC(C)CC2)C1=O. The maximum atomic E-state index is 12.0. The molecule has 2 rings (SSSR count). The zero-order valence-electron chi connectivity index (χ0n) is 10.9. The summed E-state index contributed by atoms with van der Waals surface area (Å²) in [6.45, 7) is 3.54. The molecule has 4 heteroatoms. The molecule has 1 aliphatic carbocycles. The van der Waals surface area contributed by atoms with Gasteiger partial charge in [-0.25, -0.2) is 0 Å². The highest BCUT2D eigenvalue weighted by atomic mass is 16.3.